The van der Waals surface area contributed by atoms with E-state index in [1.54, 1.807) is 0 Å². The van der Waals surface area contributed by atoms with Gasteiger partial charge in [-0.2, -0.15) is 0 Å². The summed E-state index contributed by atoms with van der Waals surface area (Å²) in [6.45, 7) is 8.72. The topological polar surface area (TPSA) is 21.3 Å². The second-order valence-electron chi connectivity index (χ2n) is 5.95. The fourth-order valence-corrected chi connectivity index (χ4v) is 3.55. The Morgan fingerprint density at radius 2 is 2.21 bits per heavy atom. The third-order valence-electron chi connectivity index (χ3n) is 4.43. The molecule has 1 aliphatic carbocycles. The van der Waals surface area contributed by atoms with Crippen LogP contribution in [-0.4, -0.2) is 19.3 Å². The predicted octanol–water partition coefficient (Wildman–Crippen LogP) is 4.24. The largest absolute Gasteiger partial charge is 0.377 e. The van der Waals surface area contributed by atoms with E-state index < -0.39 is 0 Å². The van der Waals surface area contributed by atoms with E-state index in [-0.39, 0.29) is 0 Å². The van der Waals surface area contributed by atoms with E-state index in [0.29, 0.717) is 12.1 Å². The molecule has 1 heterocycles. The maximum atomic E-state index is 6.01. The Balaban J connectivity index is 1.59. The smallest absolute Gasteiger partial charge is 0.0594 e. The van der Waals surface area contributed by atoms with Crippen LogP contribution in [0.1, 0.15) is 51.0 Å². The molecule has 4 atom stereocenters. The summed E-state index contributed by atoms with van der Waals surface area (Å²) in [6, 6.07) is 4.74. The summed E-state index contributed by atoms with van der Waals surface area (Å²) in [6.07, 6.45) is 4.29. The Hall–Kier alpha value is -0.380. The molecule has 1 fully saturated rings. The van der Waals surface area contributed by atoms with Crippen molar-refractivity contribution in [1.82, 2.24) is 5.32 Å². The van der Waals surface area contributed by atoms with Crippen molar-refractivity contribution in [2.24, 2.45) is 11.8 Å². The zero-order valence-corrected chi connectivity index (χ0v) is 13.2. The number of hydrogen-bond acceptors (Lipinski definition) is 3. The summed E-state index contributed by atoms with van der Waals surface area (Å²) in [4.78, 5) is 1.40. The van der Waals surface area contributed by atoms with Gasteiger partial charge >= 0.3 is 0 Å². The lowest BCUT2D eigenvalue weighted by Gasteiger charge is -2.32. The van der Waals surface area contributed by atoms with Gasteiger partial charge in [0.1, 0.15) is 0 Å². The predicted molar refractivity (Wildman–Crippen MR) is 82.7 cm³/mol. The van der Waals surface area contributed by atoms with E-state index in [4.69, 9.17) is 4.74 Å². The third kappa shape index (κ3) is 4.59. The van der Waals surface area contributed by atoms with Crippen LogP contribution in [-0.2, 0) is 4.74 Å². The Morgan fingerprint density at radius 1 is 1.37 bits per heavy atom. The van der Waals surface area contributed by atoms with Gasteiger partial charge in [-0.1, -0.05) is 19.9 Å². The summed E-state index contributed by atoms with van der Waals surface area (Å²) in [5.74, 6) is 1.69. The monoisotopic (exact) mass is 281 g/mol. The van der Waals surface area contributed by atoms with E-state index in [1.807, 2.05) is 11.3 Å². The molecule has 0 spiro atoms. The lowest BCUT2D eigenvalue weighted by Crippen LogP contribution is -2.30. The Labute approximate surface area is 121 Å². The van der Waals surface area contributed by atoms with Gasteiger partial charge in [0.05, 0.1) is 12.7 Å². The molecule has 1 saturated carbocycles. The molecule has 1 N–H and O–H groups in total. The zero-order chi connectivity index (χ0) is 13.7. The molecule has 0 amide bonds. The number of thiophene rings is 1. The molecular weight excluding hydrogens is 254 g/mol. The van der Waals surface area contributed by atoms with Crippen molar-refractivity contribution >= 4 is 11.3 Å². The number of hydrogen-bond donors (Lipinski definition) is 1. The first-order chi connectivity index (χ1) is 9.16. The Bertz CT molecular complexity index is 352. The van der Waals surface area contributed by atoms with Gasteiger partial charge in [0.2, 0.25) is 0 Å². The van der Waals surface area contributed by atoms with Crippen LogP contribution in [0, 0.1) is 11.8 Å². The van der Waals surface area contributed by atoms with E-state index in [1.165, 1.54) is 24.1 Å². The zero-order valence-electron chi connectivity index (χ0n) is 12.4. The van der Waals surface area contributed by atoms with Crippen LogP contribution < -0.4 is 5.32 Å². The second kappa shape index (κ2) is 7.41. The molecule has 0 bridgehead atoms. The Morgan fingerprint density at radius 3 is 2.89 bits per heavy atom. The van der Waals surface area contributed by atoms with Gasteiger partial charge in [0, 0.05) is 17.5 Å². The summed E-state index contributed by atoms with van der Waals surface area (Å²) in [5, 5.41) is 5.66. The molecular formula is C16H27NOS. The van der Waals surface area contributed by atoms with Crippen LogP contribution >= 0.6 is 11.3 Å². The average Bonchev–Trinajstić information content (AvgIpc) is 2.92. The molecule has 108 valence electrons. The quantitative estimate of drug-likeness (QED) is 0.787. The highest BCUT2D eigenvalue weighted by Crippen LogP contribution is 2.30. The van der Waals surface area contributed by atoms with Crippen molar-refractivity contribution in [2.45, 2.75) is 52.2 Å². The van der Waals surface area contributed by atoms with Gasteiger partial charge in [-0.05, 0) is 49.5 Å². The highest BCUT2D eigenvalue weighted by atomic mass is 32.1. The molecule has 0 aromatic carbocycles. The van der Waals surface area contributed by atoms with Crippen molar-refractivity contribution in [3.05, 3.63) is 22.4 Å². The van der Waals surface area contributed by atoms with Crippen LogP contribution in [0.5, 0.6) is 0 Å². The van der Waals surface area contributed by atoms with Crippen LogP contribution in [0.15, 0.2) is 17.5 Å². The van der Waals surface area contributed by atoms with Gasteiger partial charge in [-0.15, -0.1) is 11.3 Å². The van der Waals surface area contributed by atoms with Crippen molar-refractivity contribution in [3.63, 3.8) is 0 Å². The van der Waals surface area contributed by atoms with Gasteiger partial charge in [-0.25, -0.2) is 0 Å². The second-order valence-corrected chi connectivity index (χ2v) is 6.93. The molecule has 2 nitrogen and oxygen atoms in total. The van der Waals surface area contributed by atoms with E-state index >= 15 is 0 Å². The molecule has 0 radical (unpaired) electrons. The molecule has 1 aromatic rings. The molecule has 3 heteroatoms. The minimum Gasteiger partial charge on any atom is -0.377 e. The van der Waals surface area contributed by atoms with Crippen molar-refractivity contribution in [1.29, 1.82) is 0 Å². The Kier molecular flexibility index (Phi) is 5.86. The minimum atomic E-state index is 0.439. The highest BCUT2D eigenvalue weighted by molar-refractivity contribution is 7.10. The lowest BCUT2D eigenvalue weighted by atomic mass is 9.80. The molecule has 1 aromatic heterocycles. The summed E-state index contributed by atoms with van der Waals surface area (Å²) in [5.41, 5.74) is 0. The van der Waals surface area contributed by atoms with Crippen LogP contribution in [0.2, 0.25) is 0 Å². The number of nitrogens with one attached hydrogen (secondary N) is 1. The SMILES string of the molecule is CC(NCCOC1CCC(C)C(C)C1)c1cccs1. The van der Waals surface area contributed by atoms with Gasteiger partial charge < -0.3 is 10.1 Å². The van der Waals surface area contributed by atoms with E-state index in [2.05, 4.69) is 43.6 Å². The van der Waals surface area contributed by atoms with Gasteiger partial charge in [0.25, 0.3) is 0 Å². The number of ether oxygens (including phenoxy) is 1. The summed E-state index contributed by atoms with van der Waals surface area (Å²) < 4.78 is 6.01. The first-order valence-electron chi connectivity index (χ1n) is 7.55. The van der Waals surface area contributed by atoms with Crippen LogP contribution in [0.25, 0.3) is 0 Å². The van der Waals surface area contributed by atoms with Crippen molar-refractivity contribution in [2.75, 3.05) is 13.2 Å². The first-order valence-corrected chi connectivity index (χ1v) is 8.43. The van der Waals surface area contributed by atoms with Crippen LogP contribution in [0.4, 0.5) is 0 Å². The summed E-state index contributed by atoms with van der Waals surface area (Å²) in [7, 11) is 0. The van der Waals surface area contributed by atoms with Crippen LogP contribution in [0.3, 0.4) is 0 Å². The molecule has 19 heavy (non-hydrogen) atoms. The minimum absolute atomic E-state index is 0.439. The average molecular weight is 281 g/mol. The normalized spacial score (nSPS) is 29.3. The number of rotatable bonds is 6. The molecule has 0 saturated heterocycles. The maximum absolute atomic E-state index is 6.01. The molecule has 1 aliphatic rings. The third-order valence-corrected chi connectivity index (χ3v) is 5.48. The lowest BCUT2D eigenvalue weighted by molar-refractivity contribution is 0.00375. The highest BCUT2D eigenvalue weighted by Gasteiger charge is 2.24. The maximum Gasteiger partial charge on any atom is 0.0594 e. The molecule has 4 unspecified atom stereocenters. The van der Waals surface area contributed by atoms with Gasteiger partial charge in [0.15, 0.2) is 0 Å². The summed E-state index contributed by atoms with van der Waals surface area (Å²) >= 11 is 1.81. The van der Waals surface area contributed by atoms with E-state index in [9.17, 15) is 0 Å². The van der Waals surface area contributed by atoms with Gasteiger partial charge in [-0.3, -0.25) is 0 Å². The van der Waals surface area contributed by atoms with E-state index in [0.717, 1.165) is 25.0 Å². The molecule has 0 aliphatic heterocycles. The first kappa shape index (κ1) is 15.0. The van der Waals surface area contributed by atoms with Crippen molar-refractivity contribution < 1.29 is 4.74 Å². The fraction of sp³-hybridized carbons (Fsp3) is 0.750. The fourth-order valence-electron chi connectivity index (χ4n) is 2.79. The standard InChI is InChI=1S/C16H27NOS/c1-12-6-7-15(11-13(12)2)18-9-8-17-14(3)16-5-4-10-19-16/h4-5,10,12-15,17H,6-9,11H2,1-3H3. The van der Waals surface area contributed by atoms with Crippen molar-refractivity contribution in [3.8, 4) is 0 Å². The molecule has 2 rings (SSSR count).